The lowest BCUT2D eigenvalue weighted by Gasteiger charge is -2.26. The molecule has 1 rings (SSSR count). The van der Waals surface area contributed by atoms with Crippen molar-refractivity contribution in [1.82, 2.24) is 25.9 Å². The highest BCUT2D eigenvalue weighted by Gasteiger charge is 2.31. The molecule has 0 fully saturated rings. The molecule has 0 aliphatic heterocycles. The molecular weight excluding hydrogens is 448 g/mol. The van der Waals surface area contributed by atoms with Gasteiger partial charge in [-0.2, -0.15) is 12.6 Å². The molecule has 1 heterocycles. The standard InChI is InChI=1S/C21H36N6O5S/c1-11(2)5-15(25-18(28)14(22)9-33)19(29)26-16(7-13-8-23-10-24-13)20(30)27-17(21(31)32)6-12(3)4/h8,10-12,14-17,33H,5-7,9,22H2,1-4H3,(H,23,24)(H,25,28)(H,26,29)(H,27,30)(H,31,32). The van der Waals surface area contributed by atoms with Gasteiger partial charge in [0.1, 0.15) is 18.1 Å². The summed E-state index contributed by atoms with van der Waals surface area (Å²) in [4.78, 5) is 56.7. The van der Waals surface area contributed by atoms with Crippen LogP contribution in [0.4, 0.5) is 0 Å². The Morgan fingerprint density at radius 1 is 0.970 bits per heavy atom. The maximum atomic E-state index is 13.1. The number of nitrogens with one attached hydrogen (secondary N) is 4. The normalized spacial score (nSPS) is 14.9. The average molecular weight is 485 g/mol. The Balaban J connectivity index is 3.05. The van der Waals surface area contributed by atoms with Gasteiger partial charge in [-0.15, -0.1) is 0 Å². The number of nitrogens with two attached hydrogens (primary N) is 1. The summed E-state index contributed by atoms with van der Waals surface area (Å²) >= 11 is 4.01. The first-order chi connectivity index (χ1) is 15.4. The van der Waals surface area contributed by atoms with Crippen molar-refractivity contribution in [3.63, 3.8) is 0 Å². The first-order valence-corrected chi connectivity index (χ1v) is 11.5. The number of amides is 3. The highest BCUT2D eigenvalue weighted by Crippen LogP contribution is 2.09. The highest BCUT2D eigenvalue weighted by atomic mass is 32.1. The number of nitrogens with zero attached hydrogens (tertiary/aromatic N) is 1. The first kappa shape index (κ1) is 28.4. The minimum atomic E-state index is -1.16. The summed E-state index contributed by atoms with van der Waals surface area (Å²) in [5.74, 6) is -2.69. The molecule has 186 valence electrons. The Morgan fingerprint density at radius 3 is 1.97 bits per heavy atom. The molecule has 0 saturated heterocycles. The minimum absolute atomic E-state index is 0.0359. The topological polar surface area (TPSA) is 179 Å². The molecule has 12 heteroatoms. The summed E-state index contributed by atoms with van der Waals surface area (Å²) in [6, 6.07) is -3.99. The number of aromatic amines is 1. The molecule has 0 bridgehead atoms. The van der Waals surface area contributed by atoms with Gasteiger partial charge in [-0.1, -0.05) is 27.7 Å². The molecule has 1 aromatic rings. The minimum Gasteiger partial charge on any atom is -0.480 e. The maximum Gasteiger partial charge on any atom is 0.326 e. The number of carbonyl (C=O) groups excluding carboxylic acids is 3. The Bertz CT molecular complexity index is 786. The fraction of sp³-hybridized carbons (Fsp3) is 0.667. The van der Waals surface area contributed by atoms with Gasteiger partial charge < -0.3 is 31.8 Å². The van der Waals surface area contributed by atoms with Crippen LogP contribution in [0, 0.1) is 11.8 Å². The van der Waals surface area contributed by atoms with E-state index in [2.05, 4.69) is 38.5 Å². The molecule has 0 saturated carbocycles. The number of carboxylic acid groups (broad SMARTS) is 1. The summed E-state index contributed by atoms with van der Waals surface area (Å²) in [6.07, 6.45) is 3.56. The quantitative estimate of drug-likeness (QED) is 0.179. The zero-order valence-corrected chi connectivity index (χ0v) is 20.4. The molecule has 0 spiro atoms. The maximum absolute atomic E-state index is 13.1. The predicted molar refractivity (Wildman–Crippen MR) is 126 cm³/mol. The van der Waals surface area contributed by atoms with Gasteiger partial charge in [0.2, 0.25) is 17.7 Å². The molecule has 1 aromatic heterocycles. The molecule has 0 aliphatic rings. The predicted octanol–water partition coefficient (Wildman–Crippen LogP) is -0.159. The summed E-state index contributed by atoms with van der Waals surface area (Å²) in [6.45, 7) is 7.48. The van der Waals surface area contributed by atoms with Gasteiger partial charge >= 0.3 is 5.97 Å². The second-order valence-electron chi connectivity index (χ2n) is 8.85. The average Bonchev–Trinajstić information content (AvgIpc) is 3.23. The van der Waals surface area contributed by atoms with Crippen LogP contribution in [0.5, 0.6) is 0 Å². The van der Waals surface area contributed by atoms with Gasteiger partial charge in [0.05, 0.1) is 12.4 Å². The van der Waals surface area contributed by atoms with E-state index in [1.54, 1.807) is 0 Å². The molecule has 7 N–H and O–H groups in total. The molecule has 0 radical (unpaired) electrons. The number of hydrogen-bond acceptors (Lipinski definition) is 7. The van der Waals surface area contributed by atoms with Gasteiger partial charge in [0.25, 0.3) is 0 Å². The number of aliphatic carboxylic acids is 1. The highest BCUT2D eigenvalue weighted by molar-refractivity contribution is 7.80. The first-order valence-electron chi connectivity index (χ1n) is 10.9. The van der Waals surface area contributed by atoms with Crippen molar-refractivity contribution in [3.05, 3.63) is 18.2 Å². The molecule has 0 aromatic carbocycles. The Morgan fingerprint density at radius 2 is 1.48 bits per heavy atom. The summed E-state index contributed by atoms with van der Waals surface area (Å²) in [5.41, 5.74) is 6.28. The van der Waals surface area contributed by atoms with Crippen molar-refractivity contribution in [2.75, 3.05) is 5.75 Å². The lowest BCUT2D eigenvalue weighted by atomic mass is 10.0. The number of imidazole rings is 1. The largest absolute Gasteiger partial charge is 0.480 e. The molecule has 11 nitrogen and oxygen atoms in total. The van der Waals surface area contributed by atoms with E-state index in [9.17, 15) is 24.3 Å². The van der Waals surface area contributed by atoms with Crippen molar-refractivity contribution < 1.29 is 24.3 Å². The van der Waals surface area contributed by atoms with E-state index < -0.39 is 47.9 Å². The number of aromatic nitrogens is 2. The Hall–Kier alpha value is -2.60. The van der Waals surface area contributed by atoms with Crippen LogP contribution in [0.25, 0.3) is 0 Å². The fourth-order valence-electron chi connectivity index (χ4n) is 3.13. The number of hydrogen-bond donors (Lipinski definition) is 7. The molecule has 3 amide bonds. The lowest BCUT2D eigenvalue weighted by molar-refractivity contribution is -0.142. The van der Waals surface area contributed by atoms with Crippen LogP contribution in [0.3, 0.4) is 0 Å². The zero-order chi connectivity index (χ0) is 25.1. The number of rotatable bonds is 14. The van der Waals surface area contributed by atoms with Crippen molar-refractivity contribution in [2.45, 2.75) is 71.1 Å². The number of H-pyrrole nitrogens is 1. The molecular formula is C21H36N6O5S. The molecule has 0 aliphatic carbocycles. The third kappa shape index (κ3) is 10.3. The summed E-state index contributed by atoms with van der Waals surface area (Å²) in [7, 11) is 0. The number of carboxylic acids is 1. The van der Waals surface area contributed by atoms with Crippen LogP contribution in [0.1, 0.15) is 46.2 Å². The van der Waals surface area contributed by atoms with E-state index in [1.165, 1.54) is 12.5 Å². The zero-order valence-electron chi connectivity index (χ0n) is 19.5. The van der Waals surface area contributed by atoms with Gasteiger partial charge in [0, 0.05) is 24.1 Å². The van der Waals surface area contributed by atoms with Gasteiger partial charge in [-0.3, -0.25) is 14.4 Å². The van der Waals surface area contributed by atoms with Crippen molar-refractivity contribution in [1.29, 1.82) is 0 Å². The summed E-state index contributed by atoms with van der Waals surface area (Å²) < 4.78 is 0. The smallest absolute Gasteiger partial charge is 0.326 e. The Kier molecular flexibility index (Phi) is 11.9. The van der Waals surface area contributed by atoms with Crippen LogP contribution in [-0.2, 0) is 25.6 Å². The van der Waals surface area contributed by atoms with Crippen molar-refractivity contribution in [2.24, 2.45) is 17.6 Å². The SMILES string of the molecule is CC(C)CC(NC(=O)C(Cc1cnc[nH]1)NC(=O)C(CC(C)C)NC(=O)C(N)CS)C(=O)O. The van der Waals surface area contributed by atoms with Gasteiger partial charge in [0.15, 0.2) is 0 Å². The van der Waals surface area contributed by atoms with Crippen LogP contribution in [0.15, 0.2) is 12.5 Å². The van der Waals surface area contributed by atoms with Crippen molar-refractivity contribution in [3.8, 4) is 0 Å². The third-order valence-corrected chi connectivity index (χ3v) is 5.20. The lowest BCUT2D eigenvalue weighted by Crippen LogP contribution is -2.58. The van der Waals surface area contributed by atoms with E-state index in [0.717, 1.165) is 0 Å². The fourth-order valence-corrected chi connectivity index (χ4v) is 3.29. The Labute approximate surface area is 199 Å². The van der Waals surface area contributed by atoms with E-state index in [4.69, 9.17) is 5.73 Å². The monoisotopic (exact) mass is 484 g/mol. The molecule has 33 heavy (non-hydrogen) atoms. The van der Waals surface area contributed by atoms with Gasteiger partial charge in [-0.05, 0) is 24.7 Å². The number of carbonyl (C=O) groups is 4. The van der Waals surface area contributed by atoms with Crippen LogP contribution in [-0.4, -0.2) is 68.7 Å². The summed E-state index contributed by atoms with van der Waals surface area (Å²) in [5, 5.41) is 17.2. The molecule has 4 atom stereocenters. The van der Waals surface area contributed by atoms with E-state index in [0.29, 0.717) is 12.1 Å². The number of thiol groups is 1. The van der Waals surface area contributed by atoms with Gasteiger partial charge in [-0.25, -0.2) is 9.78 Å². The van der Waals surface area contributed by atoms with E-state index in [-0.39, 0.29) is 30.4 Å². The van der Waals surface area contributed by atoms with E-state index >= 15 is 0 Å². The second kappa shape index (κ2) is 13.8. The second-order valence-corrected chi connectivity index (χ2v) is 9.22. The van der Waals surface area contributed by atoms with E-state index in [1.807, 2.05) is 27.7 Å². The van der Waals surface area contributed by atoms with Crippen LogP contribution >= 0.6 is 12.6 Å². The molecule has 4 unspecified atom stereocenters. The third-order valence-electron chi connectivity index (χ3n) is 4.81. The van der Waals surface area contributed by atoms with Crippen molar-refractivity contribution >= 4 is 36.3 Å². The van der Waals surface area contributed by atoms with Crippen LogP contribution in [0.2, 0.25) is 0 Å². The van der Waals surface area contributed by atoms with Crippen LogP contribution < -0.4 is 21.7 Å².